The zero-order valence-electron chi connectivity index (χ0n) is 16.9. The maximum absolute atomic E-state index is 13.1. The van der Waals surface area contributed by atoms with Gasteiger partial charge in [0.2, 0.25) is 5.91 Å². The number of carbonyl (C=O) groups excluding carboxylic acids is 1. The maximum atomic E-state index is 13.1. The summed E-state index contributed by atoms with van der Waals surface area (Å²) in [5, 5.41) is 0. The number of ether oxygens (including phenoxy) is 2. The fourth-order valence-electron chi connectivity index (χ4n) is 4.07. The Morgan fingerprint density at radius 2 is 1.81 bits per heavy atom. The molecule has 2 atom stereocenters. The third-order valence-corrected chi connectivity index (χ3v) is 6.26. The highest BCUT2D eigenvalue weighted by atomic mass is 35.5. The Morgan fingerprint density at radius 3 is 2.33 bits per heavy atom. The van der Waals surface area contributed by atoms with E-state index < -0.39 is 5.54 Å². The van der Waals surface area contributed by atoms with Crippen LogP contribution in [0.5, 0.6) is 5.75 Å². The molecule has 152 valence electrons. The van der Waals surface area contributed by atoms with Gasteiger partial charge < -0.3 is 20.1 Å². The van der Waals surface area contributed by atoms with Gasteiger partial charge >= 0.3 is 0 Å². The van der Waals surface area contributed by atoms with Crippen molar-refractivity contribution in [2.24, 2.45) is 11.1 Å². The number of halogens is 1. The lowest BCUT2D eigenvalue weighted by Crippen LogP contribution is -2.76. The average Bonchev–Trinajstić information content (AvgIpc) is 2.63. The van der Waals surface area contributed by atoms with Crippen molar-refractivity contribution in [3.05, 3.63) is 29.8 Å². The summed E-state index contributed by atoms with van der Waals surface area (Å²) in [5.74, 6) is 0.961. The molecule has 1 aliphatic carbocycles. The Labute approximate surface area is 169 Å². The van der Waals surface area contributed by atoms with Gasteiger partial charge in [-0.1, -0.05) is 31.5 Å². The minimum absolute atomic E-state index is 0. The van der Waals surface area contributed by atoms with E-state index in [1.807, 2.05) is 37.8 Å². The zero-order valence-corrected chi connectivity index (χ0v) is 17.7. The van der Waals surface area contributed by atoms with E-state index in [4.69, 9.17) is 15.2 Å². The van der Waals surface area contributed by atoms with E-state index in [1.165, 1.54) is 5.56 Å². The minimum atomic E-state index is -0.822. The minimum Gasteiger partial charge on any atom is -0.490 e. The van der Waals surface area contributed by atoms with E-state index in [0.29, 0.717) is 26.1 Å². The van der Waals surface area contributed by atoms with Crippen LogP contribution >= 0.6 is 12.4 Å². The van der Waals surface area contributed by atoms with E-state index in [1.54, 1.807) is 0 Å². The summed E-state index contributed by atoms with van der Waals surface area (Å²) in [6, 6.07) is 8.12. The summed E-state index contributed by atoms with van der Waals surface area (Å²) in [5.41, 5.74) is 6.61. The molecule has 1 saturated carbocycles. The van der Waals surface area contributed by atoms with Gasteiger partial charge in [0, 0.05) is 44.4 Å². The van der Waals surface area contributed by atoms with Crippen LogP contribution in [0.4, 0.5) is 0 Å². The van der Waals surface area contributed by atoms with Crippen LogP contribution < -0.4 is 10.5 Å². The number of hydrogen-bond acceptors (Lipinski definition) is 4. The highest BCUT2D eigenvalue weighted by Gasteiger charge is 2.63. The standard InChI is InChI=1S/C21H32N2O3.ClH/c1-5-25-18-14-21(22,20(18,3)4)19(24)23-12-10-17(11-13-23)26-16-8-6-15(2)7-9-16;/h6-9,17-18H,5,10-14,22H2,1-4H3;1H. The van der Waals surface area contributed by atoms with Crippen LogP contribution in [0.1, 0.15) is 45.6 Å². The van der Waals surface area contributed by atoms with Crippen LogP contribution in [0.15, 0.2) is 24.3 Å². The Balaban J connectivity index is 0.00000261. The van der Waals surface area contributed by atoms with Crippen molar-refractivity contribution < 1.29 is 14.3 Å². The molecule has 5 nitrogen and oxygen atoms in total. The van der Waals surface area contributed by atoms with Gasteiger partial charge in [-0.3, -0.25) is 4.79 Å². The summed E-state index contributed by atoms with van der Waals surface area (Å²) in [6.07, 6.45) is 2.49. The van der Waals surface area contributed by atoms with Crippen molar-refractivity contribution in [3.63, 3.8) is 0 Å². The van der Waals surface area contributed by atoms with Crippen molar-refractivity contribution in [2.75, 3.05) is 19.7 Å². The molecule has 0 aromatic heterocycles. The number of aryl methyl sites for hydroxylation is 1. The molecule has 27 heavy (non-hydrogen) atoms. The molecule has 0 spiro atoms. The van der Waals surface area contributed by atoms with E-state index in [0.717, 1.165) is 18.6 Å². The van der Waals surface area contributed by atoms with Crippen molar-refractivity contribution in [3.8, 4) is 5.75 Å². The van der Waals surface area contributed by atoms with E-state index in [-0.39, 0.29) is 35.9 Å². The van der Waals surface area contributed by atoms with Crippen molar-refractivity contribution >= 4 is 18.3 Å². The van der Waals surface area contributed by atoms with Gasteiger partial charge in [-0.15, -0.1) is 12.4 Å². The first-order chi connectivity index (χ1) is 12.3. The van der Waals surface area contributed by atoms with Gasteiger partial charge in [-0.2, -0.15) is 0 Å². The quantitative estimate of drug-likeness (QED) is 0.829. The van der Waals surface area contributed by atoms with Crippen molar-refractivity contribution in [1.82, 2.24) is 4.90 Å². The van der Waals surface area contributed by atoms with Gasteiger partial charge in [0.05, 0.1) is 6.10 Å². The van der Waals surface area contributed by atoms with E-state index >= 15 is 0 Å². The second-order valence-electron chi connectivity index (χ2n) is 8.26. The summed E-state index contributed by atoms with van der Waals surface area (Å²) >= 11 is 0. The van der Waals surface area contributed by atoms with Crippen LogP contribution in [0, 0.1) is 12.3 Å². The maximum Gasteiger partial charge on any atom is 0.243 e. The predicted molar refractivity (Wildman–Crippen MR) is 109 cm³/mol. The first kappa shape index (κ1) is 22.0. The first-order valence-electron chi connectivity index (χ1n) is 9.71. The highest BCUT2D eigenvalue weighted by molar-refractivity contribution is 5.89. The lowest BCUT2D eigenvalue weighted by atomic mass is 9.54. The zero-order chi connectivity index (χ0) is 18.9. The number of nitrogens with two attached hydrogens (primary N) is 1. The van der Waals surface area contributed by atoms with Gasteiger partial charge in [-0.05, 0) is 26.0 Å². The molecule has 2 N–H and O–H groups in total. The number of benzene rings is 1. The van der Waals surface area contributed by atoms with E-state index in [2.05, 4.69) is 19.1 Å². The molecule has 0 radical (unpaired) electrons. The Kier molecular flexibility index (Phi) is 6.82. The van der Waals surface area contributed by atoms with Gasteiger partial charge in [0.1, 0.15) is 17.4 Å². The fraction of sp³-hybridized carbons (Fsp3) is 0.667. The molecule has 6 heteroatoms. The molecule has 1 heterocycles. The SMILES string of the molecule is CCOC1CC(N)(C(=O)N2CCC(Oc3ccc(C)cc3)CC2)C1(C)C.Cl. The van der Waals surface area contributed by atoms with Gasteiger partial charge in [-0.25, -0.2) is 0 Å². The number of hydrogen-bond donors (Lipinski definition) is 1. The van der Waals surface area contributed by atoms with Crippen molar-refractivity contribution in [1.29, 1.82) is 0 Å². The summed E-state index contributed by atoms with van der Waals surface area (Å²) in [6.45, 7) is 10.2. The van der Waals surface area contributed by atoms with Crippen molar-refractivity contribution in [2.45, 2.75) is 64.7 Å². The molecule has 2 fully saturated rings. The van der Waals surface area contributed by atoms with Gasteiger partial charge in [0.15, 0.2) is 0 Å². The molecule has 2 unspecified atom stereocenters. The monoisotopic (exact) mass is 396 g/mol. The second kappa shape index (κ2) is 8.38. The largest absolute Gasteiger partial charge is 0.490 e. The topological polar surface area (TPSA) is 64.8 Å². The molecule has 1 aromatic rings. The molecular weight excluding hydrogens is 364 g/mol. The number of likely N-dealkylation sites (tertiary alicyclic amines) is 1. The average molecular weight is 397 g/mol. The van der Waals surface area contributed by atoms with E-state index in [9.17, 15) is 4.79 Å². The molecule has 3 rings (SSSR count). The van der Waals surface area contributed by atoms with Crippen LogP contribution in [0.25, 0.3) is 0 Å². The third-order valence-electron chi connectivity index (χ3n) is 6.26. The lowest BCUT2D eigenvalue weighted by Gasteiger charge is -2.59. The highest BCUT2D eigenvalue weighted by Crippen LogP contribution is 2.50. The molecule has 1 amide bonds. The summed E-state index contributed by atoms with van der Waals surface area (Å²) in [7, 11) is 0. The number of amides is 1. The molecule has 1 aromatic carbocycles. The van der Waals surface area contributed by atoms with Gasteiger partial charge in [0.25, 0.3) is 0 Å². The Morgan fingerprint density at radius 1 is 1.22 bits per heavy atom. The normalized spacial score (nSPS) is 27.4. The van der Waals surface area contributed by atoms with Crippen LogP contribution in [-0.2, 0) is 9.53 Å². The number of piperidine rings is 1. The van der Waals surface area contributed by atoms with Crippen LogP contribution in [0.3, 0.4) is 0 Å². The second-order valence-corrected chi connectivity index (χ2v) is 8.26. The van der Waals surface area contributed by atoms with Crippen LogP contribution in [0.2, 0.25) is 0 Å². The Hall–Kier alpha value is -1.30. The molecule has 1 saturated heterocycles. The summed E-state index contributed by atoms with van der Waals surface area (Å²) in [4.78, 5) is 15.0. The lowest BCUT2D eigenvalue weighted by molar-refractivity contribution is -0.180. The molecule has 1 aliphatic heterocycles. The first-order valence-corrected chi connectivity index (χ1v) is 9.71. The molecule has 0 bridgehead atoms. The fourth-order valence-corrected chi connectivity index (χ4v) is 4.07. The summed E-state index contributed by atoms with van der Waals surface area (Å²) < 4.78 is 11.8. The number of carbonyl (C=O) groups is 1. The molecule has 2 aliphatic rings. The molecular formula is C21H33ClN2O3. The van der Waals surface area contributed by atoms with Crippen LogP contribution in [-0.4, -0.2) is 48.3 Å². The third kappa shape index (κ3) is 4.10. The smallest absolute Gasteiger partial charge is 0.243 e. The number of rotatable bonds is 5. The number of nitrogens with zero attached hydrogens (tertiary/aromatic N) is 1. The predicted octanol–water partition coefficient (Wildman–Crippen LogP) is 3.32. The Bertz CT molecular complexity index is 641.